The van der Waals surface area contributed by atoms with Crippen LogP contribution in [0.2, 0.25) is 5.02 Å². The van der Waals surface area contributed by atoms with Crippen LogP contribution < -0.4 is 0 Å². The van der Waals surface area contributed by atoms with Crippen LogP contribution >= 0.6 is 11.6 Å². The zero-order valence-electron chi connectivity index (χ0n) is 7.50. The maximum Gasteiger partial charge on any atom is 0.142 e. The quantitative estimate of drug-likeness (QED) is 0.480. The Labute approximate surface area is 85.8 Å². The van der Waals surface area contributed by atoms with E-state index in [0.717, 1.165) is 0 Å². The Morgan fingerprint density at radius 3 is 2.86 bits per heavy atom. The van der Waals surface area contributed by atoms with E-state index in [9.17, 15) is 4.39 Å². The highest BCUT2D eigenvalue weighted by molar-refractivity contribution is 6.30. The zero-order chi connectivity index (χ0) is 10.6. The SMILES string of the molecule is COCC(=NO)c1ccc(Cl)c(F)c1. The minimum Gasteiger partial charge on any atom is -0.411 e. The number of hydrogen-bond acceptors (Lipinski definition) is 3. The van der Waals surface area contributed by atoms with Gasteiger partial charge in [0, 0.05) is 12.7 Å². The van der Waals surface area contributed by atoms with E-state index >= 15 is 0 Å². The van der Waals surface area contributed by atoms with Gasteiger partial charge in [-0.1, -0.05) is 22.8 Å². The molecule has 0 unspecified atom stereocenters. The maximum absolute atomic E-state index is 13.0. The lowest BCUT2D eigenvalue weighted by molar-refractivity contribution is 0.238. The first-order valence-electron chi connectivity index (χ1n) is 3.84. The van der Waals surface area contributed by atoms with E-state index in [1.165, 1.54) is 19.2 Å². The number of ether oxygens (including phenoxy) is 1. The van der Waals surface area contributed by atoms with E-state index < -0.39 is 5.82 Å². The third-order valence-electron chi connectivity index (χ3n) is 1.65. The van der Waals surface area contributed by atoms with Gasteiger partial charge in [-0.3, -0.25) is 0 Å². The Bertz CT molecular complexity index is 355. The van der Waals surface area contributed by atoms with Gasteiger partial charge in [-0.05, 0) is 12.1 Å². The molecule has 1 rings (SSSR count). The van der Waals surface area contributed by atoms with Crippen molar-refractivity contribution in [3.8, 4) is 0 Å². The molecule has 76 valence electrons. The Balaban J connectivity index is 3.00. The first kappa shape index (κ1) is 10.9. The molecule has 0 aliphatic heterocycles. The van der Waals surface area contributed by atoms with Gasteiger partial charge in [0.05, 0.1) is 11.6 Å². The number of hydrogen-bond donors (Lipinski definition) is 1. The molecule has 3 nitrogen and oxygen atoms in total. The summed E-state index contributed by atoms with van der Waals surface area (Å²) in [6.07, 6.45) is 0. The molecule has 0 saturated heterocycles. The number of oxime groups is 1. The van der Waals surface area contributed by atoms with Crippen molar-refractivity contribution in [2.75, 3.05) is 13.7 Å². The summed E-state index contributed by atoms with van der Waals surface area (Å²) in [5.74, 6) is -0.554. The topological polar surface area (TPSA) is 41.8 Å². The standard InChI is InChI=1S/C9H9ClFNO2/c1-14-5-9(12-13)6-2-3-7(10)8(11)4-6/h2-4,13H,5H2,1H3. The lowest BCUT2D eigenvalue weighted by Gasteiger charge is -2.03. The summed E-state index contributed by atoms with van der Waals surface area (Å²) in [6.45, 7) is 0.109. The van der Waals surface area contributed by atoms with Gasteiger partial charge >= 0.3 is 0 Å². The minimum atomic E-state index is -0.554. The Kier molecular flexibility index (Phi) is 3.85. The summed E-state index contributed by atoms with van der Waals surface area (Å²) in [6, 6.07) is 4.14. The molecule has 5 heteroatoms. The molecule has 1 aromatic carbocycles. The van der Waals surface area contributed by atoms with Crippen molar-refractivity contribution in [3.05, 3.63) is 34.6 Å². The van der Waals surface area contributed by atoms with Crippen LogP contribution in [0.3, 0.4) is 0 Å². The van der Waals surface area contributed by atoms with E-state index in [-0.39, 0.29) is 17.3 Å². The van der Waals surface area contributed by atoms with Crippen LogP contribution in [0.25, 0.3) is 0 Å². The van der Waals surface area contributed by atoms with E-state index in [1.54, 1.807) is 6.07 Å². The molecule has 0 aliphatic carbocycles. The molecule has 0 aliphatic rings. The molecule has 0 bridgehead atoms. The average Bonchev–Trinajstić information content (AvgIpc) is 2.19. The molecule has 0 fully saturated rings. The van der Waals surface area contributed by atoms with Crippen LogP contribution in [0.1, 0.15) is 5.56 Å². The Morgan fingerprint density at radius 2 is 2.36 bits per heavy atom. The van der Waals surface area contributed by atoms with Gasteiger partial charge in [0.25, 0.3) is 0 Å². The highest BCUT2D eigenvalue weighted by Gasteiger charge is 2.07. The van der Waals surface area contributed by atoms with Crippen molar-refractivity contribution < 1.29 is 14.3 Å². The number of benzene rings is 1. The summed E-state index contributed by atoms with van der Waals surface area (Å²) in [5.41, 5.74) is 0.694. The summed E-state index contributed by atoms with van der Waals surface area (Å²) >= 11 is 5.50. The first-order valence-corrected chi connectivity index (χ1v) is 4.22. The van der Waals surface area contributed by atoms with Crippen molar-refractivity contribution in [3.63, 3.8) is 0 Å². The second-order valence-corrected chi connectivity index (χ2v) is 3.02. The largest absolute Gasteiger partial charge is 0.411 e. The van der Waals surface area contributed by atoms with Gasteiger partial charge < -0.3 is 9.94 Å². The molecule has 0 spiro atoms. The molecule has 1 aromatic rings. The normalized spacial score (nSPS) is 11.8. The Morgan fingerprint density at radius 1 is 1.64 bits per heavy atom. The second-order valence-electron chi connectivity index (χ2n) is 2.61. The fourth-order valence-electron chi connectivity index (χ4n) is 0.982. The van der Waals surface area contributed by atoms with Crippen molar-refractivity contribution in [1.82, 2.24) is 0 Å². The van der Waals surface area contributed by atoms with E-state index in [4.69, 9.17) is 21.5 Å². The summed E-state index contributed by atoms with van der Waals surface area (Å²) in [4.78, 5) is 0. The van der Waals surface area contributed by atoms with E-state index in [0.29, 0.717) is 5.56 Å². The predicted octanol–water partition coefficient (Wildman–Crippen LogP) is 2.30. The van der Waals surface area contributed by atoms with Gasteiger partial charge in [-0.15, -0.1) is 0 Å². The van der Waals surface area contributed by atoms with Gasteiger partial charge in [-0.2, -0.15) is 0 Å². The first-order chi connectivity index (χ1) is 6.69. The predicted molar refractivity (Wildman–Crippen MR) is 51.6 cm³/mol. The molecule has 1 N–H and O–H groups in total. The maximum atomic E-state index is 13.0. The van der Waals surface area contributed by atoms with Gasteiger partial charge in [0.1, 0.15) is 11.5 Å². The number of halogens is 2. The Hall–Kier alpha value is -1.13. The number of methoxy groups -OCH3 is 1. The third kappa shape index (κ3) is 2.43. The minimum absolute atomic E-state index is 0.0310. The zero-order valence-corrected chi connectivity index (χ0v) is 8.25. The van der Waals surface area contributed by atoms with Crippen LogP contribution in [-0.4, -0.2) is 24.6 Å². The van der Waals surface area contributed by atoms with Crippen LogP contribution in [0.5, 0.6) is 0 Å². The summed E-state index contributed by atoms with van der Waals surface area (Å²) < 4.78 is 17.8. The van der Waals surface area contributed by atoms with Crippen molar-refractivity contribution in [2.24, 2.45) is 5.16 Å². The van der Waals surface area contributed by atoms with Gasteiger partial charge in [0.2, 0.25) is 0 Å². The van der Waals surface area contributed by atoms with Gasteiger partial charge in [-0.25, -0.2) is 4.39 Å². The molecule has 0 amide bonds. The van der Waals surface area contributed by atoms with Crippen LogP contribution in [0.15, 0.2) is 23.4 Å². The van der Waals surface area contributed by atoms with Crippen LogP contribution in [-0.2, 0) is 4.74 Å². The lowest BCUT2D eigenvalue weighted by atomic mass is 10.1. The van der Waals surface area contributed by atoms with E-state index in [1.807, 2.05) is 0 Å². The average molecular weight is 218 g/mol. The van der Waals surface area contributed by atoms with Crippen molar-refractivity contribution in [1.29, 1.82) is 0 Å². The van der Waals surface area contributed by atoms with Crippen molar-refractivity contribution >= 4 is 17.3 Å². The highest BCUT2D eigenvalue weighted by Crippen LogP contribution is 2.16. The molecule has 0 saturated carbocycles. The fourth-order valence-corrected chi connectivity index (χ4v) is 1.10. The molecular formula is C9H9ClFNO2. The van der Waals surface area contributed by atoms with Crippen LogP contribution in [0, 0.1) is 5.82 Å². The third-order valence-corrected chi connectivity index (χ3v) is 1.96. The number of nitrogens with zero attached hydrogens (tertiary/aromatic N) is 1. The fraction of sp³-hybridized carbons (Fsp3) is 0.222. The monoisotopic (exact) mass is 217 g/mol. The van der Waals surface area contributed by atoms with Crippen LogP contribution in [0.4, 0.5) is 4.39 Å². The molecule has 0 aromatic heterocycles. The van der Waals surface area contributed by atoms with E-state index in [2.05, 4.69) is 5.16 Å². The smallest absolute Gasteiger partial charge is 0.142 e. The van der Waals surface area contributed by atoms with Crippen molar-refractivity contribution in [2.45, 2.75) is 0 Å². The summed E-state index contributed by atoms with van der Waals surface area (Å²) in [5, 5.41) is 11.7. The summed E-state index contributed by atoms with van der Waals surface area (Å²) in [7, 11) is 1.46. The lowest BCUT2D eigenvalue weighted by Crippen LogP contribution is -2.09. The number of rotatable bonds is 3. The second kappa shape index (κ2) is 4.93. The molecule has 14 heavy (non-hydrogen) atoms. The van der Waals surface area contributed by atoms with Gasteiger partial charge in [0.15, 0.2) is 0 Å². The molecule has 0 heterocycles. The molecule has 0 atom stereocenters. The molecular weight excluding hydrogens is 209 g/mol. The molecule has 0 radical (unpaired) electrons. The highest BCUT2D eigenvalue weighted by atomic mass is 35.5.